The Morgan fingerprint density at radius 3 is 2.04 bits per heavy atom. The molecule has 12 heteroatoms. The standard InChI is InChI=1S/C13H25N3O2.C11H23NO.C8H7FO2.C7H7NO/c1-4-7-15(3)12-5-8-16(9-6-12)13(18)14-10-11(2)17;1-3-7-12(8-4-2)11-5-9-13-10-6-11;1-6-2-3-8(11-5-10)7(9)4-6;9-6-8-7-4-2-1-3-5-7/h12H,4-10H2,1-3H3,(H,14,18);11H,3-10H2,1-2H3;2-5H,1H3;1-6H,(H,8,9). The number of urea groups is 1. The van der Waals surface area contributed by atoms with E-state index in [9.17, 15) is 23.6 Å². The topological polar surface area (TPSA) is 121 Å². The van der Waals surface area contributed by atoms with Gasteiger partial charge in [-0.05, 0) is 115 Å². The maximum absolute atomic E-state index is 12.8. The summed E-state index contributed by atoms with van der Waals surface area (Å²) in [5.41, 5.74) is 1.62. The van der Waals surface area contributed by atoms with Crippen molar-refractivity contribution in [3.05, 3.63) is 59.9 Å². The van der Waals surface area contributed by atoms with Crippen LogP contribution in [0.4, 0.5) is 14.9 Å². The number of Topliss-reactive ketones (excluding diaryl/α,β-unsaturated/α-hetero) is 1. The monoisotopic (exact) mass is 715 g/mol. The van der Waals surface area contributed by atoms with Gasteiger partial charge >= 0.3 is 6.03 Å². The number of nitrogens with one attached hydrogen (secondary N) is 2. The summed E-state index contributed by atoms with van der Waals surface area (Å²) in [5, 5.41) is 5.17. The second-order valence-electron chi connectivity index (χ2n) is 12.7. The molecule has 0 unspecified atom stereocenters. The summed E-state index contributed by atoms with van der Waals surface area (Å²) < 4.78 is 22.5. The number of rotatable bonds is 14. The lowest BCUT2D eigenvalue weighted by Gasteiger charge is -2.36. The Morgan fingerprint density at radius 2 is 1.53 bits per heavy atom. The number of nitrogens with zero attached hydrogens (tertiary/aromatic N) is 3. The van der Waals surface area contributed by atoms with Crippen molar-refractivity contribution in [3.8, 4) is 5.75 Å². The van der Waals surface area contributed by atoms with Gasteiger partial charge in [-0.1, -0.05) is 45.0 Å². The van der Waals surface area contributed by atoms with Crippen molar-refractivity contribution in [2.24, 2.45) is 0 Å². The molecule has 2 saturated heterocycles. The lowest BCUT2D eigenvalue weighted by Crippen LogP contribution is -2.49. The van der Waals surface area contributed by atoms with E-state index in [0.29, 0.717) is 12.5 Å². The van der Waals surface area contributed by atoms with Crippen molar-refractivity contribution in [2.45, 2.75) is 91.6 Å². The van der Waals surface area contributed by atoms with Crippen molar-refractivity contribution >= 4 is 30.4 Å². The van der Waals surface area contributed by atoms with Gasteiger partial charge in [0, 0.05) is 44.1 Å². The molecule has 2 aliphatic rings. The average molecular weight is 716 g/mol. The van der Waals surface area contributed by atoms with E-state index < -0.39 is 5.82 Å². The van der Waals surface area contributed by atoms with Crippen LogP contribution >= 0.6 is 0 Å². The minimum absolute atomic E-state index is 0.0130. The molecule has 0 spiro atoms. The fraction of sp³-hybridized carbons (Fsp3) is 0.590. The summed E-state index contributed by atoms with van der Waals surface area (Å²) in [5.74, 6) is -0.566. The van der Waals surface area contributed by atoms with Gasteiger partial charge in [-0.2, -0.15) is 0 Å². The average Bonchev–Trinajstić information content (AvgIpc) is 3.14. The molecule has 0 aromatic heterocycles. The highest BCUT2D eigenvalue weighted by atomic mass is 19.1. The van der Waals surface area contributed by atoms with Gasteiger partial charge in [0.2, 0.25) is 6.41 Å². The Balaban J connectivity index is 0.000000351. The summed E-state index contributed by atoms with van der Waals surface area (Å²) in [6.45, 7) is 17.4. The van der Waals surface area contributed by atoms with Crippen LogP contribution in [0.5, 0.6) is 5.75 Å². The molecule has 2 aromatic carbocycles. The third kappa shape index (κ3) is 19.9. The summed E-state index contributed by atoms with van der Waals surface area (Å²) in [6.07, 6.45) is 8.88. The predicted molar refractivity (Wildman–Crippen MR) is 202 cm³/mol. The molecule has 2 N–H and O–H groups in total. The van der Waals surface area contributed by atoms with E-state index in [1.807, 2.05) is 30.3 Å². The number of hydrogen-bond acceptors (Lipinski definition) is 8. The van der Waals surface area contributed by atoms with Gasteiger partial charge in [0.25, 0.3) is 6.47 Å². The van der Waals surface area contributed by atoms with Crippen LogP contribution < -0.4 is 15.4 Å². The number of benzene rings is 2. The minimum Gasteiger partial charge on any atom is -0.426 e. The van der Waals surface area contributed by atoms with Crippen molar-refractivity contribution in [1.29, 1.82) is 0 Å². The zero-order valence-corrected chi connectivity index (χ0v) is 31.7. The fourth-order valence-corrected chi connectivity index (χ4v) is 5.81. The third-order valence-electron chi connectivity index (χ3n) is 8.43. The van der Waals surface area contributed by atoms with Gasteiger partial charge < -0.3 is 34.8 Å². The molecule has 0 atom stereocenters. The minimum atomic E-state index is -0.517. The lowest BCUT2D eigenvalue weighted by molar-refractivity contribution is -0.121. The van der Waals surface area contributed by atoms with Gasteiger partial charge in [0.05, 0.1) is 6.54 Å². The summed E-state index contributed by atoms with van der Waals surface area (Å²) in [4.78, 5) is 49.1. The molecule has 3 amide bonds. The largest absolute Gasteiger partial charge is 0.426 e. The highest BCUT2D eigenvalue weighted by molar-refractivity contribution is 5.83. The van der Waals surface area contributed by atoms with E-state index in [2.05, 4.69) is 53.0 Å². The highest BCUT2D eigenvalue weighted by Gasteiger charge is 2.25. The molecule has 0 aliphatic carbocycles. The lowest BCUT2D eigenvalue weighted by atomic mass is 10.0. The number of anilines is 1. The number of piperidine rings is 1. The van der Waals surface area contributed by atoms with Crippen molar-refractivity contribution in [1.82, 2.24) is 20.0 Å². The number of carbonyl (C=O) groups is 4. The number of aryl methyl sites for hydroxylation is 1. The zero-order chi connectivity index (χ0) is 37.9. The first kappa shape index (κ1) is 45.2. The Hall–Kier alpha value is -3.87. The predicted octanol–water partition coefficient (Wildman–Crippen LogP) is 6.30. The molecule has 11 nitrogen and oxygen atoms in total. The van der Waals surface area contributed by atoms with Crippen molar-refractivity contribution in [3.63, 3.8) is 0 Å². The van der Waals surface area contributed by atoms with Gasteiger partial charge in [-0.3, -0.25) is 14.4 Å². The SMILES string of the molecule is CCCN(C)C1CCN(C(=O)NCC(C)=O)CC1.CCCN(CCC)C1CCOCC1.Cc1ccc(OC=O)c(F)c1.O=CNc1ccccc1. The number of ketones is 1. The van der Waals surface area contributed by atoms with E-state index in [0.717, 1.165) is 69.4 Å². The molecule has 2 aliphatic heterocycles. The van der Waals surface area contributed by atoms with Crippen LogP contribution in [0.25, 0.3) is 0 Å². The summed E-state index contributed by atoms with van der Waals surface area (Å²) in [6, 6.07) is 15.0. The summed E-state index contributed by atoms with van der Waals surface area (Å²) in [7, 11) is 2.15. The summed E-state index contributed by atoms with van der Waals surface area (Å²) >= 11 is 0. The second kappa shape index (κ2) is 27.8. The molecule has 0 radical (unpaired) electrons. The molecule has 4 rings (SSSR count). The number of hydrogen-bond donors (Lipinski definition) is 2. The van der Waals surface area contributed by atoms with Gasteiger partial charge in [0.1, 0.15) is 5.78 Å². The van der Waals surface area contributed by atoms with E-state index in [4.69, 9.17) is 4.74 Å². The van der Waals surface area contributed by atoms with Crippen molar-refractivity contribution < 1.29 is 33.0 Å². The Labute approximate surface area is 305 Å². The molecule has 0 saturated carbocycles. The number of ether oxygens (including phenoxy) is 2. The van der Waals surface area contributed by atoms with Crippen LogP contribution in [0.15, 0.2) is 48.5 Å². The molecular formula is C39H62FN5O6. The fourth-order valence-electron chi connectivity index (χ4n) is 5.81. The van der Waals surface area contributed by atoms with Crippen LogP contribution in [0.3, 0.4) is 0 Å². The molecule has 2 fully saturated rings. The number of likely N-dealkylation sites (tertiary alicyclic amines) is 1. The van der Waals surface area contributed by atoms with Crippen LogP contribution in [0.1, 0.15) is 78.2 Å². The van der Waals surface area contributed by atoms with E-state index >= 15 is 0 Å². The molecule has 51 heavy (non-hydrogen) atoms. The Bertz CT molecular complexity index is 1230. The molecular weight excluding hydrogens is 653 g/mol. The van der Waals surface area contributed by atoms with Crippen molar-refractivity contribution in [2.75, 3.05) is 64.8 Å². The first-order valence-corrected chi connectivity index (χ1v) is 18.3. The maximum Gasteiger partial charge on any atom is 0.317 e. The Morgan fingerprint density at radius 1 is 0.922 bits per heavy atom. The maximum atomic E-state index is 12.8. The first-order chi connectivity index (χ1) is 24.6. The number of halogens is 1. The van der Waals surface area contributed by atoms with Crippen LogP contribution in [-0.4, -0.2) is 111 Å². The number of para-hydroxylation sites is 1. The number of amides is 3. The quantitative estimate of drug-likeness (QED) is 0.219. The highest BCUT2D eigenvalue weighted by Crippen LogP contribution is 2.18. The third-order valence-corrected chi connectivity index (χ3v) is 8.43. The number of carbonyl (C=O) groups excluding carboxylic acids is 4. The van der Waals surface area contributed by atoms with E-state index in [-0.39, 0.29) is 30.6 Å². The second-order valence-corrected chi connectivity index (χ2v) is 12.7. The zero-order valence-electron chi connectivity index (χ0n) is 31.7. The molecule has 286 valence electrons. The van der Waals surface area contributed by atoms with Crippen LogP contribution in [-0.2, 0) is 19.1 Å². The van der Waals surface area contributed by atoms with E-state index in [1.165, 1.54) is 57.8 Å². The van der Waals surface area contributed by atoms with Crippen LogP contribution in [0, 0.1) is 12.7 Å². The molecule has 0 bridgehead atoms. The van der Waals surface area contributed by atoms with Gasteiger partial charge in [-0.15, -0.1) is 0 Å². The van der Waals surface area contributed by atoms with Gasteiger partial charge in [0.15, 0.2) is 11.6 Å². The van der Waals surface area contributed by atoms with Crippen LogP contribution in [0.2, 0.25) is 0 Å². The first-order valence-electron chi connectivity index (χ1n) is 18.3. The molecule has 2 aromatic rings. The molecule has 2 heterocycles. The van der Waals surface area contributed by atoms with E-state index in [1.54, 1.807) is 17.9 Å². The smallest absolute Gasteiger partial charge is 0.317 e. The van der Waals surface area contributed by atoms with Gasteiger partial charge in [-0.25, -0.2) is 9.18 Å². The Kier molecular flexibility index (Phi) is 24.6. The normalized spacial score (nSPS) is 14.5.